The zero-order valence-corrected chi connectivity index (χ0v) is 11.6. The van der Waals surface area contributed by atoms with Gasteiger partial charge in [-0.3, -0.25) is 0 Å². The number of pyridine rings is 1. The van der Waals surface area contributed by atoms with Gasteiger partial charge < -0.3 is 10.5 Å². The van der Waals surface area contributed by atoms with Crippen molar-refractivity contribution in [3.63, 3.8) is 0 Å². The number of para-hydroxylation sites is 1. The second kappa shape index (κ2) is 4.77. The summed E-state index contributed by atoms with van der Waals surface area (Å²) in [4.78, 5) is 4.52. The molecule has 106 valence electrons. The fraction of sp³-hybridized carbons (Fsp3) is 0.250. The molecule has 0 amide bonds. The summed E-state index contributed by atoms with van der Waals surface area (Å²) in [6, 6.07) is 11.7. The van der Waals surface area contributed by atoms with Gasteiger partial charge in [-0.05, 0) is 37.0 Å². The molecule has 5 heteroatoms. The molecule has 3 aromatic rings. The number of benzene rings is 1. The Balaban J connectivity index is 1.72. The lowest BCUT2D eigenvalue weighted by atomic mass is 10.2. The third kappa shape index (κ3) is 2.31. The van der Waals surface area contributed by atoms with E-state index in [-0.39, 0.29) is 0 Å². The molecule has 1 aliphatic rings. The van der Waals surface area contributed by atoms with Gasteiger partial charge in [-0.25, -0.2) is 4.68 Å². The molecule has 0 radical (unpaired) electrons. The van der Waals surface area contributed by atoms with Crippen LogP contribution in [0.5, 0.6) is 5.88 Å². The smallest absolute Gasteiger partial charge is 0.239 e. The highest BCUT2D eigenvalue weighted by atomic mass is 16.5. The van der Waals surface area contributed by atoms with E-state index in [1.54, 1.807) is 4.68 Å². The average molecular weight is 280 g/mol. The minimum Gasteiger partial charge on any atom is -0.476 e. The zero-order chi connectivity index (χ0) is 14.2. The number of nitrogens with zero attached hydrogens (tertiary/aromatic N) is 3. The van der Waals surface area contributed by atoms with Crippen LogP contribution in [0.15, 0.2) is 42.6 Å². The molecule has 2 heterocycles. The Morgan fingerprint density at radius 1 is 1.19 bits per heavy atom. The summed E-state index contributed by atoms with van der Waals surface area (Å²) in [7, 11) is 0. The van der Waals surface area contributed by atoms with E-state index < -0.39 is 0 Å². The maximum absolute atomic E-state index is 5.94. The number of nitrogen functional groups attached to an aromatic ring is 1. The van der Waals surface area contributed by atoms with Crippen LogP contribution in [0.4, 0.5) is 5.69 Å². The minimum atomic E-state index is 0.499. The predicted molar refractivity (Wildman–Crippen MR) is 81.5 cm³/mol. The van der Waals surface area contributed by atoms with E-state index in [1.807, 2.05) is 42.6 Å². The first-order valence-electron chi connectivity index (χ1n) is 7.14. The summed E-state index contributed by atoms with van der Waals surface area (Å²) >= 11 is 0. The first-order valence-corrected chi connectivity index (χ1v) is 7.14. The van der Waals surface area contributed by atoms with E-state index in [0.29, 0.717) is 24.1 Å². The lowest BCUT2D eigenvalue weighted by molar-refractivity contribution is 0.290. The molecule has 0 saturated heterocycles. The molecule has 0 spiro atoms. The van der Waals surface area contributed by atoms with Gasteiger partial charge in [0, 0.05) is 5.39 Å². The molecule has 21 heavy (non-hydrogen) atoms. The van der Waals surface area contributed by atoms with Gasteiger partial charge in [-0.1, -0.05) is 18.2 Å². The van der Waals surface area contributed by atoms with Crippen molar-refractivity contribution < 1.29 is 4.74 Å². The molecule has 0 unspecified atom stereocenters. The lowest BCUT2D eigenvalue weighted by Crippen LogP contribution is -2.07. The molecule has 1 saturated carbocycles. The monoisotopic (exact) mass is 280 g/mol. The van der Waals surface area contributed by atoms with Crippen molar-refractivity contribution in [1.82, 2.24) is 14.8 Å². The first kappa shape index (κ1) is 12.2. The average Bonchev–Trinajstić information content (AvgIpc) is 3.24. The largest absolute Gasteiger partial charge is 0.476 e. The van der Waals surface area contributed by atoms with Gasteiger partial charge in [0.1, 0.15) is 0 Å². The topological polar surface area (TPSA) is 66.0 Å². The number of rotatable bonds is 4. The summed E-state index contributed by atoms with van der Waals surface area (Å²) < 4.78 is 7.54. The number of fused-ring (bicyclic) bond motifs is 1. The van der Waals surface area contributed by atoms with Crippen LogP contribution in [-0.2, 0) is 0 Å². The van der Waals surface area contributed by atoms with E-state index in [2.05, 4.69) is 10.1 Å². The van der Waals surface area contributed by atoms with Gasteiger partial charge in [0.15, 0.2) is 5.82 Å². The molecule has 1 fully saturated rings. The molecular weight excluding hydrogens is 264 g/mol. The number of hydrogen-bond donors (Lipinski definition) is 1. The van der Waals surface area contributed by atoms with Gasteiger partial charge in [-0.2, -0.15) is 10.1 Å². The fourth-order valence-corrected chi connectivity index (χ4v) is 2.31. The molecule has 1 aromatic carbocycles. The lowest BCUT2D eigenvalue weighted by Gasteiger charge is -2.09. The van der Waals surface area contributed by atoms with Crippen molar-refractivity contribution in [2.45, 2.75) is 12.8 Å². The van der Waals surface area contributed by atoms with Gasteiger partial charge in [-0.15, -0.1) is 0 Å². The highest BCUT2D eigenvalue weighted by Crippen LogP contribution is 2.30. The van der Waals surface area contributed by atoms with Gasteiger partial charge in [0.05, 0.1) is 24.0 Å². The summed E-state index contributed by atoms with van der Waals surface area (Å²) in [5, 5.41) is 5.48. The Labute approximate surface area is 122 Å². The first-order chi connectivity index (χ1) is 10.3. The van der Waals surface area contributed by atoms with E-state index in [1.165, 1.54) is 12.8 Å². The van der Waals surface area contributed by atoms with Crippen LogP contribution in [0.25, 0.3) is 16.7 Å². The van der Waals surface area contributed by atoms with Crippen LogP contribution >= 0.6 is 0 Å². The van der Waals surface area contributed by atoms with Crippen LogP contribution in [0.1, 0.15) is 12.8 Å². The predicted octanol–water partition coefficient (Wildman–Crippen LogP) is 2.79. The van der Waals surface area contributed by atoms with Gasteiger partial charge in [0.2, 0.25) is 5.88 Å². The SMILES string of the molecule is Nc1ccc(-n2ncc3ccccc32)nc1OCC1CC1. The second-order valence-electron chi connectivity index (χ2n) is 5.43. The Hall–Kier alpha value is -2.56. The van der Waals surface area contributed by atoms with E-state index in [9.17, 15) is 0 Å². The van der Waals surface area contributed by atoms with Crippen molar-refractivity contribution in [3.8, 4) is 11.7 Å². The molecule has 1 aliphatic carbocycles. The number of ether oxygens (including phenoxy) is 1. The Morgan fingerprint density at radius 3 is 2.90 bits per heavy atom. The van der Waals surface area contributed by atoms with Crippen LogP contribution < -0.4 is 10.5 Å². The number of nitrogens with two attached hydrogens (primary N) is 1. The Bertz CT molecular complexity index is 792. The minimum absolute atomic E-state index is 0.499. The van der Waals surface area contributed by atoms with Crippen molar-refractivity contribution in [2.24, 2.45) is 5.92 Å². The normalized spacial score (nSPS) is 14.5. The quantitative estimate of drug-likeness (QED) is 0.798. The molecule has 0 atom stereocenters. The Morgan fingerprint density at radius 2 is 2.05 bits per heavy atom. The van der Waals surface area contributed by atoms with Crippen LogP contribution in [0.3, 0.4) is 0 Å². The molecule has 2 N–H and O–H groups in total. The summed E-state index contributed by atoms with van der Waals surface area (Å²) in [5.41, 5.74) is 7.53. The Kier molecular flexibility index (Phi) is 2.77. The summed E-state index contributed by atoms with van der Waals surface area (Å²) in [6.07, 6.45) is 4.31. The highest BCUT2D eigenvalue weighted by molar-refractivity contribution is 5.79. The third-order valence-corrected chi connectivity index (χ3v) is 3.72. The standard InChI is InChI=1S/C16H16N4O/c17-13-7-8-15(19-16(13)21-10-11-5-6-11)20-14-4-2-1-3-12(14)9-18-20/h1-4,7-9,11H,5-6,10,17H2. The van der Waals surface area contributed by atoms with E-state index in [0.717, 1.165) is 16.7 Å². The maximum atomic E-state index is 5.94. The van der Waals surface area contributed by atoms with E-state index in [4.69, 9.17) is 10.5 Å². The fourth-order valence-electron chi connectivity index (χ4n) is 2.31. The van der Waals surface area contributed by atoms with Crippen molar-refractivity contribution in [2.75, 3.05) is 12.3 Å². The van der Waals surface area contributed by atoms with Gasteiger partial charge in [0.25, 0.3) is 0 Å². The van der Waals surface area contributed by atoms with Crippen LogP contribution in [0.2, 0.25) is 0 Å². The molecule has 4 rings (SSSR count). The number of aromatic nitrogens is 3. The highest BCUT2D eigenvalue weighted by Gasteiger charge is 2.22. The molecule has 0 bridgehead atoms. The number of hydrogen-bond acceptors (Lipinski definition) is 4. The van der Waals surface area contributed by atoms with Crippen molar-refractivity contribution >= 4 is 16.6 Å². The number of anilines is 1. The van der Waals surface area contributed by atoms with Crippen LogP contribution in [-0.4, -0.2) is 21.4 Å². The summed E-state index contributed by atoms with van der Waals surface area (Å²) in [6.45, 7) is 0.695. The third-order valence-electron chi connectivity index (χ3n) is 3.72. The van der Waals surface area contributed by atoms with Crippen LogP contribution in [0, 0.1) is 5.92 Å². The zero-order valence-electron chi connectivity index (χ0n) is 11.6. The maximum Gasteiger partial charge on any atom is 0.239 e. The summed E-state index contributed by atoms with van der Waals surface area (Å²) in [5.74, 6) is 1.88. The molecule has 2 aromatic heterocycles. The second-order valence-corrected chi connectivity index (χ2v) is 5.43. The molecule has 0 aliphatic heterocycles. The van der Waals surface area contributed by atoms with E-state index >= 15 is 0 Å². The molecular formula is C16H16N4O. The van der Waals surface area contributed by atoms with Crippen molar-refractivity contribution in [1.29, 1.82) is 0 Å². The van der Waals surface area contributed by atoms with Crippen molar-refractivity contribution in [3.05, 3.63) is 42.6 Å². The molecule has 5 nitrogen and oxygen atoms in total. The van der Waals surface area contributed by atoms with Gasteiger partial charge >= 0.3 is 0 Å².